The zero-order valence-electron chi connectivity index (χ0n) is 18.4. The van der Waals surface area contributed by atoms with Gasteiger partial charge in [0.05, 0.1) is 19.3 Å². The number of amides is 2. The summed E-state index contributed by atoms with van der Waals surface area (Å²) in [5.74, 6) is -1.75. The molecular weight excluding hydrogens is 436 g/mol. The van der Waals surface area contributed by atoms with Crippen molar-refractivity contribution in [2.24, 2.45) is 0 Å². The van der Waals surface area contributed by atoms with E-state index in [1.165, 1.54) is 18.4 Å². The van der Waals surface area contributed by atoms with E-state index >= 15 is 0 Å². The molecule has 1 aromatic carbocycles. The normalized spacial score (nSPS) is 10.2. The Balaban J connectivity index is 1.88. The van der Waals surface area contributed by atoms with Crippen molar-refractivity contribution in [2.45, 2.75) is 27.2 Å². The summed E-state index contributed by atoms with van der Waals surface area (Å²) in [5, 5.41) is 5.38. The van der Waals surface area contributed by atoms with Crippen molar-refractivity contribution in [1.29, 1.82) is 0 Å². The molecule has 1 heterocycles. The van der Waals surface area contributed by atoms with Crippen LogP contribution in [0, 0.1) is 6.92 Å². The average molecular weight is 463 g/mol. The maximum Gasteiger partial charge on any atom is 0.341 e. The molecule has 0 aliphatic carbocycles. The van der Waals surface area contributed by atoms with Gasteiger partial charge in [0, 0.05) is 10.4 Å². The summed E-state index contributed by atoms with van der Waals surface area (Å²) < 4.78 is 15.0. The number of anilines is 1. The Kier molecular flexibility index (Phi) is 9.21. The number of benzene rings is 1. The van der Waals surface area contributed by atoms with Crippen LogP contribution < -0.4 is 15.4 Å². The maximum atomic E-state index is 12.3. The van der Waals surface area contributed by atoms with Gasteiger partial charge in [0.15, 0.2) is 6.61 Å². The van der Waals surface area contributed by atoms with E-state index in [0.717, 1.165) is 10.4 Å². The molecule has 0 bridgehead atoms. The van der Waals surface area contributed by atoms with Crippen molar-refractivity contribution in [3.63, 3.8) is 0 Å². The summed E-state index contributed by atoms with van der Waals surface area (Å²) in [6.45, 7) is 4.72. The van der Waals surface area contributed by atoms with Gasteiger partial charge in [-0.1, -0.05) is 6.92 Å². The van der Waals surface area contributed by atoms with Gasteiger partial charge in [0.25, 0.3) is 11.8 Å². The fraction of sp³-hybridized carbons (Fsp3) is 0.364. The number of carbonyl (C=O) groups excluding carboxylic acids is 4. The zero-order chi connectivity index (χ0) is 23.7. The van der Waals surface area contributed by atoms with Crippen LogP contribution in [-0.2, 0) is 25.5 Å². The number of hydrogen-bond donors (Lipinski definition) is 2. The average Bonchev–Trinajstić information content (AvgIpc) is 3.10. The lowest BCUT2D eigenvalue weighted by molar-refractivity contribution is -0.146. The number of esters is 2. The Bertz CT molecular complexity index is 983. The number of rotatable bonds is 10. The van der Waals surface area contributed by atoms with E-state index in [1.807, 2.05) is 13.8 Å². The molecule has 0 saturated carbocycles. The van der Waals surface area contributed by atoms with Crippen molar-refractivity contribution >= 4 is 40.1 Å². The van der Waals surface area contributed by atoms with Gasteiger partial charge in [-0.3, -0.25) is 14.4 Å². The molecular formula is C22H26N2O7S. The molecule has 1 aromatic heterocycles. The minimum atomic E-state index is -0.774. The zero-order valence-corrected chi connectivity index (χ0v) is 19.2. The number of carbonyl (C=O) groups is 4. The van der Waals surface area contributed by atoms with Crippen LogP contribution in [0.2, 0.25) is 0 Å². The van der Waals surface area contributed by atoms with Gasteiger partial charge in [-0.05, 0) is 50.1 Å². The lowest BCUT2D eigenvalue weighted by atomic mass is 10.1. The van der Waals surface area contributed by atoms with E-state index in [9.17, 15) is 19.2 Å². The molecule has 2 rings (SSSR count). The molecule has 172 valence electrons. The van der Waals surface area contributed by atoms with Gasteiger partial charge in [0.2, 0.25) is 0 Å². The third-order valence-corrected chi connectivity index (χ3v) is 5.47. The summed E-state index contributed by atoms with van der Waals surface area (Å²) in [4.78, 5) is 49.4. The lowest BCUT2D eigenvalue weighted by Gasteiger charge is -2.09. The van der Waals surface area contributed by atoms with Crippen molar-refractivity contribution in [3.05, 3.63) is 45.8 Å². The van der Waals surface area contributed by atoms with Crippen molar-refractivity contribution in [3.8, 4) is 5.75 Å². The van der Waals surface area contributed by atoms with Crippen molar-refractivity contribution in [1.82, 2.24) is 5.32 Å². The first kappa shape index (κ1) is 24.9. The molecule has 0 aliphatic heterocycles. The molecule has 0 spiro atoms. The van der Waals surface area contributed by atoms with E-state index in [-0.39, 0.29) is 6.61 Å². The van der Waals surface area contributed by atoms with Gasteiger partial charge >= 0.3 is 11.9 Å². The molecule has 0 fully saturated rings. The van der Waals surface area contributed by atoms with E-state index in [1.54, 1.807) is 31.2 Å². The summed E-state index contributed by atoms with van der Waals surface area (Å²) in [5.41, 5.74) is 1.48. The van der Waals surface area contributed by atoms with Crippen LogP contribution in [0.1, 0.15) is 45.0 Å². The van der Waals surface area contributed by atoms with Crippen LogP contribution in [0.3, 0.4) is 0 Å². The molecule has 2 amide bonds. The van der Waals surface area contributed by atoms with Gasteiger partial charge < -0.3 is 24.8 Å². The second-order valence-corrected chi connectivity index (χ2v) is 7.76. The minimum absolute atomic E-state index is 0.212. The highest BCUT2D eigenvalue weighted by atomic mass is 32.1. The molecule has 9 nitrogen and oxygen atoms in total. The highest BCUT2D eigenvalue weighted by molar-refractivity contribution is 7.16. The van der Waals surface area contributed by atoms with Gasteiger partial charge in [-0.15, -0.1) is 11.3 Å². The number of methoxy groups -OCH3 is 1. The molecule has 10 heteroatoms. The molecule has 2 N–H and O–H groups in total. The number of ether oxygens (including phenoxy) is 3. The highest BCUT2D eigenvalue weighted by Gasteiger charge is 2.23. The largest absolute Gasteiger partial charge is 0.497 e. The summed E-state index contributed by atoms with van der Waals surface area (Å²) in [6.07, 6.45) is 0.606. The Morgan fingerprint density at radius 2 is 1.72 bits per heavy atom. The van der Waals surface area contributed by atoms with Crippen LogP contribution in [0.4, 0.5) is 5.00 Å². The summed E-state index contributed by atoms with van der Waals surface area (Å²) >= 11 is 1.26. The van der Waals surface area contributed by atoms with E-state index in [0.29, 0.717) is 28.3 Å². The lowest BCUT2D eigenvalue weighted by Crippen LogP contribution is -2.32. The number of thiophene rings is 1. The third kappa shape index (κ3) is 6.55. The predicted molar refractivity (Wildman–Crippen MR) is 119 cm³/mol. The van der Waals surface area contributed by atoms with Crippen LogP contribution in [0.5, 0.6) is 5.75 Å². The Morgan fingerprint density at radius 1 is 1.03 bits per heavy atom. The monoisotopic (exact) mass is 462 g/mol. The first-order chi connectivity index (χ1) is 15.3. The fourth-order valence-corrected chi connectivity index (χ4v) is 4.02. The number of hydrogen-bond acceptors (Lipinski definition) is 8. The van der Waals surface area contributed by atoms with Gasteiger partial charge in [0.1, 0.15) is 17.3 Å². The van der Waals surface area contributed by atoms with Crippen molar-refractivity contribution in [2.75, 3.05) is 32.2 Å². The molecule has 0 atom stereocenters. The minimum Gasteiger partial charge on any atom is -0.497 e. The van der Waals surface area contributed by atoms with E-state index in [2.05, 4.69) is 10.6 Å². The maximum absolute atomic E-state index is 12.3. The van der Waals surface area contributed by atoms with Crippen LogP contribution in [0.25, 0.3) is 0 Å². The van der Waals surface area contributed by atoms with E-state index < -0.39 is 36.9 Å². The number of aryl methyl sites for hydroxylation is 1. The summed E-state index contributed by atoms with van der Waals surface area (Å²) in [6, 6.07) is 6.36. The van der Waals surface area contributed by atoms with Crippen LogP contribution >= 0.6 is 11.3 Å². The molecule has 0 radical (unpaired) electrons. The van der Waals surface area contributed by atoms with Crippen LogP contribution in [-0.4, -0.2) is 50.6 Å². The van der Waals surface area contributed by atoms with E-state index in [4.69, 9.17) is 14.2 Å². The third-order valence-electron chi connectivity index (χ3n) is 4.40. The SMILES string of the molecule is CCOC(=O)c1c(NC(=O)COC(=O)CNC(=O)c2ccc(OC)cc2)sc(C)c1CC. The Morgan fingerprint density at radius 3 is 2.31 bits per heavy atom. The second-order valence-electron chi connectivity index (χ2n) is 6.53. The molecule has 2 aromatic rings. The van der Waals surface area contributed by atoms with Crippen LogP contribution in [0.15, 0.2) is 24.3 Å². The van der Waals surface area contributed by atoms with Crippen molar-refractivity contribution < 1.29 is 33.4 Å². The quantitative estimate of drug-likeness (QED) is 0.521. The Hall–Kier alpha value is -3.40. The first-order valence-electron chi connectivity index (χ1n) is 9.97. The smallest absolute Gasteiger partial charge is 0.341 e. The Labute approximate surface area is 190 Å². The first-order valence-corrected chi connectivity index (χ1v) is 10.8. The fourth-order valence-electron chi connectivity index (χ4n) is 2.87. The van der Waals surface area contributed by atoms with Gasteiger partial charge in [-0.2, -0.15) is 0 Å². The molecule has 0 aliphatic rings. The standard InChI is InChI=1S/C22H26N2O7S/c1-5-16-13(3)32-21(19(16)22(28)30-6-2)24-17(25)12-31-18(26)11-23-20(27)14-7-9-15(29-4)10-8-14/h7-10H,5-6,11-12H2,1-4H3,(H,23,27)(H,24,25). The van der Waals surface area contributed by atoms with Gasteiger partial charge in [-0.25, -0.2) is 4.79 Å². The molecule has 0 unspecified atom stereocenters. The number of nitrogens with one attached hydrogen (secondary N) is 2. The summed E-state index contributed by atoms with van der Waals surface area (Å²) in [7, 11) is 1.52. The highest BCUT2D eigenvalue weighted by Crippen LogP contribution is 2.34. The second kappa shape index (κ2) is 11.8. The predicted octanol–water partition coefficient (Wildman–Crippen LogP) is 2.72. The molecule has 32 heavy (non-hydrogen) atoms. The topological polar surface area (TPSA) is 120 Å². The molecule has 0 saturated heterocycles.